The number of hydrogen-bond donors (Lipinski definition) is 2. The molecular formula is C15H28N2O2. The fraction of sp³-hybridized carbons (Fsp3) is 0.933. The summed E-state index contributed by atoms with van der Waals surface area (Å²) in [6, 6.07) is 0. The molecule has 2 fully saturated rings. The molecule has 0 bridgehead atoms. The number of likely N-dealkylation sites (N-methyl/N-ethyl adjacent to an activating group) is 1. The number of nitrogens with zero attached hydrogens (tertiary/aromatic N) is 1. The molecule has 4 heteroatoms. The van der Waals surface area contributed by atoms with Gasteiger partial charge in [0.2, 0.25) is 0 Å². The maximum atomic E-state index is 11.8. The molecular weight excluding hydrogens is 240 g/mol. The first-order chi connectivity index (χ1) is 9.12. The predicted octanol–water partition coefficient (Wildman–Crippen LogP) is 1.95. The van der Waals surface area contributed by atoms with E-state index < -0.39 is 11.5 Å². The van der Waals surface area contributed by atoms with Gasteiger partial charge in [-0.3, -0.25) is 4.79 Å². The fourth-order valence-electron chi connectivity index (χ4n) is 3.59. The molecule has 2 rings (SSSR count). The Morgan fingerprint density at radius 3 is 2.63 bits per heavy atom. The second kappa shape index (κ2) is 6.23. The average molecular weight is 268 g/mol. The molecule has 0 aromatic rings. The van der Waals surface area contributed by atoms with E-state index in [9.17, 15) is 9.90 Å². The number of carboxylic acids is 1. The van der Waals surface area contributed by atoms with Crippen LogP contribution in [-0.2, 0) is 4.79 Å². The Bertz CT molecular complexity index is 317. The molecule has 0 amide bonds. The zero-order valence-corrected chi connectivity index (χ0v) is 12.3. The monoisotopic (exact) mass is 268 g/mol. The van der Waals surface area contributed by atoms with Gasteiger partial charge in [-0.1, -0.05) is 20.3 Å². The molecule has 2 unspecified atom stereocenters. The van der Waals surface area contributed by atoms with E-state index in [1.807, 2.05) is 6.92 Å². The van der Waals surface area contributed by atoms with E-state index in [4.69, 9.17) is 0 Å². The minimum Gasteiger partial charge on any atom is -0.480 e. The van der Waals surface area contributed by atoms with E-state index in [0.29, 0.717) is 12.5 Å². The van der Waals surface area contributed by atoms with Gasteiger partial charge < -0.3 is 15.3 Å². The highest BCUT2D eigenvalue weighted by atomic mass is 16.4. The third kappa shape index (κ3) is 3.29. The normalized spacial score (nSPS) is 27.4. The van der Waals surface area contributed by atoms with Crippen LogP contribution in [0.3, 0.4) is 0 Å². The van der Waals surface area contributed by atoms with Gasteiger partial charge >= 0.3 is 5.97 Å². The largest absolute Gasteiger partial charge is 0.480 e. The van der Waals surface area contributed by atoms with Gasteiger partial charge in [0, 0.05) is 13.1 Å². The number of carboxylic acid groups (broad SMARTS) is 1. The van der Waals surface area contributed by atoms with E-state index in [2.05, 4.69) is 17.1 Å². The van der Waals surface area contributed by atoms with Crippen molar-refractivity contribution in [2.24, 2.45) is 11.8 Å². The summed E-state index contributed by atoms with van der Waals surface area (Å²) in [7, 11) is 0. The summed E-state index contributed by atoms with van der Waals surface area (Å²) in [5.74, 6) is 0.447. The number of aliphatic carboxylic acids is 1. The van der Waals surface area contributed by atoms with Crippen molar-refractivity contribution >= 4 is 5.97 Å². The van der Waals surface area contributed by atoms with Gasteiger partial charge in [-0.25, -0.2) is 0 Å². The van der Waals surface area contributed by atoms with E-state index >= 15 is 0 Å². The van der Waals surface area contributed by atoms with Gasteiger partial charge in [0.15, 0.2) is 0 Å². The lowest BCUT2D eigenvalue weighted by Gasteiger charge is -2.34. The molecule has 1 aliphatic heterocycles. The smallest absolute Gasteiger partial charge is 0.325 e. The van der Waals surface area contributed by atoms with Gasteiger partial charge in [0.25, 0.3) is 0 Å². The summed E-state index contributed by atoms with van der Waals surface area (Å²) in [6.45, 7) is 7.80. The molecule has 0 aromatic carbocycles. The molecule has 110 valence electrons. The summed E-state index contributed by atoms with van der Waals surface area (Å²) in [5.41, 5.74) is -0.699. The Labute approximate surface area is 116 Å². The predicted molar refractivity (Wildman–Crippen MR) is 76.2 cm³/mol. The quantitative estimate of drug-likeness (QED) is 0.706. The maximum Gasteiger partial charge on any atom is 0.325 e. The van der Waals surface area contributed by atoms with Gasteiger partial charge in [-0.15, -0.1) is 0 Å². The highest BCUT2D eigenvalue weighted by Gasteiger charge is 2.51. The van der Waals surface area contributed by atoms with Crippen molar-refractivity contribution in [3.63, 3.8) is 0 Å². The molecule has 2 N–H and O–H groups in total. The summed E-state index contributed by atoms with van der Waals surface area (Å²) in [4.78, 5) is 14.2. The standard InChI is InChI=1S/C15H28N2O2/c1-3-5-12-8-9-17(10-12)11-15(14(18)19,16-4-2)13-6-7-13/h12-13,16H,3-11H2,1-2H3,(H,18,19). The summed E-state index contributed by atoms with van der Waals surface area (Å²) < 4.78 is 0. The van der Waals surface area contributed by atoms with Gasteiger partial charge in [-0.2, -0.15) is 0 Å². The molecule has 4 nitrogen and oxygen atoms in total. The number of nitrogens with one attached hydrogen (secondary N) is 1. The third-order valence-corrected chi connectivity index (χ3v) is 4.69. The highest BCUT2D eigenvalue weighted by molar-refractivity contribution is 5.80. The SMILES string of the molecule is CCCC1CCN(CC(NCC)(C(=O)O)C2CC2)C1. The molecule has 19 heavy (non-hydrogen) atoms. The first kappa shape index (κ1) is 14.8. The minimum atomic E-state index is -0.699. The molecule has 0 spiro atoms. The van der Waals surface area contributed by atoms with Crippen molar-refractivity contribution in [1.29, 1.82) is 0 Å². The lowest BCUT2D eigenvalue weighted by atomic mass is 9.92. The number of hydrogen-bond acceptors (Lipinski definition) is 3. The topological polar surface area (TPSA) is 52.6 Å². The molecule has 1 heterocycles. The van der Waals surface area contributed by atoms with Crippen molar-refractivity contribution in [2.45, 2.75) is 51.5 Å². The van der Waals surface area contributed by atoms with E-state index in [0.717, 1.165) is 38.4 Å². The van der Waals surface area contributed by atoms with Gasteiger partial charge in [0.05, 0.1) is 0 Å². The number of carbonyl (C=O) groups is 1. The van der Waals surface area contributed by atoms with Crippen LogP contribution >= 0.6 is 0 Å². The summed E-state index contributed by atoms with van der Waals surface area (Å²) in [5, 5.41) is 13.0. The average Bonchev–Trinajstić information content (AvgIpc) is 3.12. The molecule has 0 radical (unpaired) electrons. The molecule has 1 saturated heterocycles. The lowest BCUT2D eigenvalue weighted by molar-refractivity contribution is -0.146. The van der Waals surface area contributed by atoms with E-state index in [1.54, 1.807) is 0 Å². The van der Waals surface area contributed by atoms with E-state index in [1.165, 1.54) is 19.3 Å². The van der Waals surface area contributed by atoms with Crippen LogP contribution in [0, 0.1) is 11.8 Å². The van der Waals surface area contributed by atoms with Crippen LogP contribution in [0.4, 0.5) is 0 Å². The van der Waals surface area contributed by atoms with Crippen LogP contribution in [0.15, 0.2) is 0 Å². The zero-order valence-electron chi connectivity index (χ0n) is 12.3. The number of likely N-dealkylation sites (tertiary alicyclic amines) is 1. The van der Waals surface area contributed by atoms with Crippen molar-refractivity contribution in [2.75, 3.05) is 26.2 Å². The van der Waals surface area contributed by atoms with Crippen LogP contribution in [0.5, 0.6) is 0 Å². The minimum absolute atomic E-state index is 0.329. The zero-order chi connectivity index (χ0) is 13.9. The van der Waals surface area contributed by atoms with Gasteiger partial charge in [0.1, 0.15) is 5.54 Å². The maximum absolute atomic E-state index is 11.8. The first-order valence-corrected chi connectivity index (χ1v) is 7.83. The third-order valence-electron chi connectivity index (χ3n) is 4.69. The molecule has 0 aromatic heterocycles. The Balaban J connectivity index is 1.98. The second-order valence-corrected chi connectivity index (χ2v) is 6.26. The van der Waals surface area contributed by atoms with Gasteiger partial charge in [-0.05, 0) is 50.6 Å². The van der Waals surface area contributed by atoms with Crippen LogP contribution < -0.4 is 5.32 Å². The van der Waals surface area contributed by atoms with Crippen LogP contribution in [0.25, 0.3) is 0 Å². The highest BCUT2D eigenvalue weighted by Crippen LogP contribution is 2.41. The van der Waals surface area contributed by atoms with Crippen molar-refractivity contribution in [3.8, 4) is 0 Å². The molecule has 2 aliphatic rings. The summed E-state index contributed by atoms with van der Waals surface area (Å²) >= 11 is 0. The van der Waals surface area contributed by atoms with Crippen LogP contribution in [0.2, 0.25) is 0 Å². The van der Waals surface area contributed by atoms with Crippen LogP contribution in [0.1, 0.15) is 46.0 Å². The molecule has 2 atom stereocenters. The van der Waals surface area contributed by atoms with Crippen LogP contribution in [-0.4, -0.2) is 47.7 Å². The first-order valence-electron chi connectivity index (χ1n) is 7.83. The fourth-order valence-corrected chi connectivity index (χ4v) is 3.59. The Hall–Kier alpha value is -0.610. The summed E-state index contributed by atoms with van der Waals surface area (Å²) in [6.07, 6.45) is 5.87. The van der Waals surface area contributed by atoms with Crippen molar-refractivity contribution in [3.05, 3.63) is 0 Å². The van der Waals surface area contributed by atoms with E-state index in [-0.39, 0.29) is 0 Å². The van der Waals surface area contributed by atoms with Crippen molar-refractivity contribution < 1.29 is 9.90 Å². The lowest BCUT2D eigenvalue weighted by Crippen LogP contribution is -2.60. The number of rotatable bonds is 8. The Kier molecular flexibility index (Phi) is 4.85. The Morgan fingerprint density at radius 2 is 2.11 bits per heavy atom. The second-order valence-electron chi connectivity index (χ2n) is 6.26. The Morgan fingerprint density at radius 1 is 1.37 bits per heavy atom. The van der Waals surface area contributed by atoms with Crippen molar-refractivity contribution in [1.82, 2.24) is 10.2 Å². The molecule has 1 saturated carbocycles. The molecule has 1 aliphatic carbocycles.